The van der Waals surface area contributed by atoms with Crippen LogP contribution in [0.2, 0.25) is 0 Å². The molecule has 0 aromatic carbocycles. The number of carbonyl (C=O) groups is 2. The molecule has 0 aliphatic carbocycles. The van der Waals surface area contributed by atoms with Crippen LogP contribution in [0.5, 0.6) is 0 Å². The van der Waals surface area contributed by atoms with Crippen molar-refractivity contribution >= 4 is 74.8 Å². The number of esters is 2. The highest BCUT2D eigenvalue weighted by atomic mass is 33.5. The Morgan fingerprint density at radius 2 is 0.797 bits per heavy atom. The molecular formula is C47H94N2O4S6. The molecule has 0 aromatic rings. The van der Waals surface area contributed by atoms with E-state index in [1.165, 1.54) is 166 Å². The van der Waals surface area contributed by atoms with Gasteiger partial charge < -0.3 is 19.3 Å². The van der Waals surface area contributed by atoms with E-state index in [9.17, 15) is 9.59 Å². The van der Waals surface area contributed by atoms with Crippen LogP contribution in [-0.4, -0.2) is 98.2 Å². The number of hydrogen-bond donors (Lipinski definition) is 0. The van der Waals surface area contributed by atoms with Crippen molar-refractivity contribution in [1.82, 2.24) is 9.80 Å². The molecule has 12 heteroatoms. The van der Waals surface area contributed by atoms with Crippen molar-refractivity contribution in [2.75, 3.05) is 76.5 Å². The van der Waals surface area contributed by atoms with Gasteiger partial charge >= 0.3 is 11.9 Å². The number of nitrogens with zero attached hydrogens (tertiary/aromatic N) is 2. The van der Waals surface area contributed by atoms with Gasteiger partial charge in [-0.3, -0.25) is 9.59 Å². The Morgan fingerprint density at radius 1 is 0.441 bits per heavy atom. The lowest BCUT2D eigenvalue weighted by Gasteiger charge is -2.22. The zero-order valence-electron chi connectivity index (χ0n) is 39.3. The normalized spacial score (nSPS) is 12.7. The SMILES string of the molecule is CCCCCCCCC(CCCCCC)CSSSCCOC(=O)CCN(CCCN(C)C)CCC(=O)OCCSSSCC(CCCCCC)CCCCCCCC. The van der Waals surface area contributed by atoms with E-state index < -0.39 is 0 Å². The molecule has 6 nitrogen and oxygen atoms in total. The van der Waals surface area contributed by atoms with E-state index in [-0.39, 0.29) is 11.9 Å². The quantitative estimate of drug-likeness (QED) is 0.0332. The summed E-state index contributed by atoms with van der Waals surface area (Å²) < 4.78 is 11.2. The summed E-state index contributed by atoms with van der Waals surface area (Å²) in [6.07, 6.45) is 34.5. The smallest absolute Gasteiger partial charge is 0.307 e. The van der Waals surface area contributed by atoms with Gasteiger partial charge in [0.25, 0.3) is 0 Å². The summed E-state index contributed by atoms with van der Waals surface area (Å²) in [5.74, 6) is 5.45. The van der Waals surface area contributed by atoms with Crippen molar-refractivity contribution < 1.29 is 19.1 Å². The van der Waals surface area contributed by atoms with Crippen molar-refractivity contribution in [3.05, 3.63) is 0 Å². The number of ether oxygens (including phenoxy) is 2. The van der Waals surface area contributed by atoms with Gasteiger partial charge in [-0.1, -0.05) is 199 Å². The molecule has 0 fully saturated rings. The molecule has 0 saturated heterocycles. The largest absolute Gasteiger partial charge is 0.465 e. The van der Waals surface area contributed by atoms with Gasteiger partial charge in [0.2, 0.25) is 0 Å². The second-order valence-corrected chi connectivity index (χ2v) is 25.6. The van der Waals surface area contributed by atoms with Gasteiger partial charge in [0.05, 0.1) is 12.8 Å². The summed E-state index contributed by atoms with van der Waals surface area (Å²) in [6, 6.07) is 0. The molecule has 0 spiro atoms. The van der Waals surface area contributed by atoms with Crippen LogP contribution in [-0.2, 0) is 19.1 Å². The maximum absolute atomic E-state index is 12.6. The highest BCUT2D eigenvalue weighted by Crippen LogP contribution is 2.38. The van der Waals surface area contributed by atoms with Gasteiger partial charge in [0, 0.05) is 36.1 Å². The fraction of sp³-hybridized carbons (Fsp3) is 0.957. The molecule has 0 aromatic heterocycles. The summed E-state index contributed by atoms with van der Waals surface area (Å²) in [5, 5.41) is 0. The van der Waals surface area contributed by atoms with Crippen LogP contribution in [0.4, 0.5) is 0 Å². The van der Waals surface area contributed by atoms with E-state index in [0.717, 1.165) is 42.9 Å². The fourth-order valence-corrected chi connectivity index (χ4v) is 15.0. The first kappa shape index (κ1) is 60.0. The third kappa shape index (κ3) is 45.3. The third-order valence-electron chi connectivity index (χ3n) is 10.9. The monoisotopic (exact) mass is 943 g/mol. The van der Waals surface area contributed by atoms with Crippen LogP contribution >= 0.6 is 62.8 Å². The summed E-state index contributed by atoms with van der Waals surface area (Å²) in [7, 11) is 15.5. The first-order valence-electron chi connectivity index (χ1n) is 24.4. The Labute approximate surface area is 390 Å². The average Bonchev–Trinajstić information content (AvgIpc) is 3.22. The van der Waals surface area contributed by atoms with Gasteiger partial charge in [-0.15, -0.1) is 0 Å². The number of unbranched alkanes of at least 4 members (excludes halogenated alkanes) is 16. The van der Waals surface area contributed by atoms with Crippen LogP contribution in [0.15, 0.2) is 0 Å². The lowest BCUT2D eigenvalue weighted by molar-refractivity contribution is -0.143. The predicted molar refractivity (Wildman–Crippen MR) is 276 cm³/mol. The van der Waals surface area contributed by atoms with Gasteiger partial charge in [0.1, 0.15) is 13.2 Å². The predicted octanol–water partition coefficient (Wildman–Crippen LogP) is 15.8. The zero-order valence-corrected chi connectivity index (χ0v) is 44.2. The zero-order chi connectivity index (χ0) is 43.3. The van der Waals surface area contributed by atoms with Gasteiger partial charge in [-0.25, -0.2) is 0 Å². The molecule has 0 aliphatic rings. The molecule has 0 saturated carbocycles. The second-order valence-electron chi connectivity index (χ2n) is 16.8. The fourth-order valence-electron chi connectivity index (χ4n) is 7.12. The Balaban J connectivity index is 4.34. The topological polar surface area (TPSA) is 59.1 Å². The van der Waals surface area contributed by atoms with E-state index in [2.05, 4.69) is 51.6 Å². The number of rotatable bonds is 48. The number of carbonyl (C=O) groups excluding carboxylic acids is 2. The van der Waals surface area contributed by atoms with Crippen molar-refractivity contribution in [2.45, 2.75) is 201 Å². The molecule has 59 heavy (non-hydrogen) atoms. The van der Waals surface area contributed by atoms with Crippen molar-refractivity contribution in [2.24, 2.45) is 11.8 Å². The molecule has 0 bridgehead atoms. The molecular weight excluding hydrogens is 849 g/mol. The van der Waals surface area contributed by atoms with Crippen LogP contribution in [0.25, 0.3) is 0 Å². The van der Waals surface area contributed by atoms with E-state index in [4.69, 9.17) is 9.47 Å². The van der Waals surface area contributed by atoms with Crippen molar-refractivity contribution in [1.29, 1.82) is 0 Å². The van der Waals surface area contributed by atoms with E-state index >= 15 is 0 Å². The van der Waals surface area contributed by atoms with Crippen LogP contribution in [0.1, 0.15) is 201 Å². The Morgan fingerprint density at radius 3 is 1.17 bits per heavy atom. The first-order chi connectivity index (χ1) is 28.9. The molecule has 352 valence electrons. The van der Waals surface area contributed by atoms with Crippen LogP contribution in [0, 0.1) is 11.8 Å². The van der Waals surface area contributed by atoms with Crippen molar-refractivity contribution in [3.63, 3.8) is 0 Å². The lowest BCUT2D eigenvalue weighted by Crippen LogP contribution is -2.32. The molecule has 0 amide bonds. The molecule has 0 rings (SSSR count). The second kappa shape index (κ2) is 48.4. The molecule has 0 N–H and O–H groups in total. The molecule has 0 aliphatic heterocycles. The van der Waals surface area contributed by atoms with Crippen LogP contribution < -0.4 is 0 Å². The Kier molecular flexibility index (Phi) is 49.2. The van der Waals surface area contributed by atoms with Gasteiger partial charge in [-0.2, -0.15) is 0 Å². The van der Waals surface area contributed by atoms with E-state index in [1.807, 2.05) is 62.8 Å². The Bertz CT molecular complexity index is 831. The van der Waals surface area contributed by atoms with E-state index in [1.54, 1.807) is 0 Å². The highest BCUT2D eigenvalue weighted by molar-refractivity contribution is 9.09. The lowest BCUT2D eigenvalue weighted by atomic mass is 9.96. The Hall–Kier alpha value is 0.960. The summed E-state index contributed by atoms with van der Waals surface area (Å²) in [6.45, 7) is 13.1. The minimum Gasteiger partial charge on any atom is -0.465 e. The minimum atomic E-state index is -0.146. The minimum absolute atomic E-state index is 0.146. The summed E-state index contributed by atoms with van der Waals surface area (Å²) >= 11 is 0. The standard InChI is InChI=1S/C47H94N2O4S6/c1-7-11-15-19-21-25-30-44(28-23-17-13-9-3)42-56-58-54-40-38-52-46(50)32-36-49(35-27-34-48(5)6)37-33-47(51)53-39-41-55-59-57-43-45(29-24-18-14-10-4)31-26-22-20-16-12-8-2/h44-45H,7-43H2,1-6H3. The molecule has 2 unspecified atom stereocenters. The van der Waals surface area contributed by atoms with Crippen LogP contribution in [0.3, 0.4) is 0 Å². The summed E-state index contributed by atoms with van der Waals surface area (Å²) in [4.78, 5) is 29.7. The number of hydrogen-bond acceptors (Lipinski definition) is 12. The third-order valence-corrected chi connectivity index (χ3v) is 19.6. The average molecular weight is 944 g/mol. The summed E-state index contributed by atoms with van der Waals surface area (Å²) in [5.41, 5.74) is 0. The maximum Gasteiger partial charge on any atom is 0.307 e. The van der Waals surface area contributed by atoms with Crippen molar-refractivity contribution in [3.8, 4) is 0 Å². The van der Waals surface area contributed by atoms with Gasteiger partial charge in [0.15, 0.2) is 0 Å². The molecule has 2 atom stereocenters. The van der Waals surface area contributed by atoms with E-state index in [0.29, 0.717) is 39.1 Å². The molecule has 0 heterocycles. The maximum atomic E-state index is 12.6. The highest BCUT2D eigenvalue weighted by Gasteiger charge is 2.14. The molecule has 0 radical (unpaired) electrons. The van der Waals surface area contributed by atoms with Gasteiger partial charge in [-0.05, 0) is 90.8 Å². The first-order valence-corrected chi connectivity index (χ1v) is 32.0.